The van der Waals surface area contributed by atoms with Crippen LogP contribution in [-0.4, -0.2) is 56.8 Å². The largest absolute Gasteiger partial charge is 0.336 e. The van der Waals surface area contributed by atoms with Crippen molar-refractivity contribution in [2.75, 3.05) is 26.2 Å². The van der Waals surface area contributed by atoms with E-state index in [1.54, 1.807) is 23.7 Å². The standard InChI is InChI=1S/C29H25N5OS/c35-29(25-17-27(22-9-6-12-30-18-22)32-26-11-5-4-10-24(25)26)34-15-13-33(14-16-34)19-23-20-36-28(31-23)21-7-2-1-3-8-21/h1-12,17-18,20H,13-16,19H2. The molecule has 0 unspecified atom stereocenters. The summed E-state index contributed by atoms with van der Waals surface area (Å²) >= 11 is 1.68. The zero-order chi connectivity index (χ0) is 24.3. The Morgan fingerprint density at radius 1 is 0.861 bits per heavy atom. The van der Waals surface area contributed by atoms with Crippen LogP contribution in [0.4, 0.5) is 0 Å². The molecule has 36 heavy (non-hydrogen) atoms. The molecule has 3 aromatic heterocycles. The van der Waals surface area contributed by atoms with E-state index in [2.05, 4.69) is 27.4 Å². The Balaban J connectivity index is 1.17. The van der Waals surface area contributed by atoms with Gasteiger partial charge in [0.2, 0.25) is 0 Å². The number of rotatable bonds is 5. The fraction of sp³-hybridized carbons (Fsp3) is 0.172. The van der Waals surface area contributed by atoms with Gasteiger partial charge in [0.25, 0.3) is 5.91 Å². The third-order valence-electron chi connectivity index (χ3n) is 6.52. The summed E-state index contributed by atoms with van der Waals surface area (Å²) < 4.78 is 0. The average molecular weight is 492 g/mol. The van der Waals surface area contributed by atoms with Gasteiger partial charge in [-0.15, -0.1) is 11.3 Å². The van der Waals surface area contributed by atoms with Crippen LogP contribution < -0.4 is 0 Å². The number of fused-ring (bicyclic) bond motifs is 1. The first kappa shape index (κ1) is 22.5. The van der Waals surface area contributed by atoms with Crippen LogP contribution in [0.15, 0.2) is 90.6 Å². The molecule has 6 nitrogen and oxygen atoms in total. The number of nitrogens with zero attached hydrogens (tertiary/aromatic N) is 5. The highest BCUT2D eigenvalue weighted by Crippen LogP contribution is 2.27. The number of carbonyl (C=O) groups is 1. The molecule has 1 saturated heterocycles. The molecule has 1 aliphatic heterocycles. The predicted octanol–water partition coefficient (Wildman–Crippen LogP) is 5.38. The minimum atomic E-state index is 0.0541. The zero-order valence-electron chi connectivity index (χ0n) is 19.7. The molecule has 7 heteroatoms. The first-order valence-electron chi connectivity index (χ1n) is 12.1. The summed E-state index contributed by atoms with van der Waals surface area (Å²) in [5.74, 6) is 0.0541. The predicted molar refractivity (Wildman–Crippen MR) is 144 cm³/mol. The van der Waals surface area contributed by atoms with Crippen molar-refractivity contribution >= 4 is 28.1 Å². The summed E-state index contributed by atoms with van der Waals surface area (Å²) in [4.78, 5) is 31.9. The maximum Gasteiger partial charge on any atom is 0.254 e. The third kappa shape index (κ3) is 4.63. The topological polar surface area (TPSA) is 62.2 Å². The van der Waals surface area contributed by atoms with E-state index >= 15 is 0 Å². The van der Waals surface area contributed by atoms with Gasteiger partial charge in [-0.3, -0.25) is 14.7 Å². The van der Waals surface area contributed by atoms with Crippen LogP contribution in [0.2, 0.25) is 0 Å². The van der Waals surface area contributed by atoms with Crippen LogP contribution in [0, 0.1) is 0 Å². The highest BCUT2D eigenvalue weighted by Gasteiger charge is 2.25. The fourth-order valence-electron chi connectivity index (χ4n) is 4.62. The van der Waals surface area contributed by atoms with Gasteiger partial charge in [0.1, 0.15) is 5.01 Å². The molecule has 0 N–H and O–H groups in total. The van der Waals surface area contributed by atoms with E-state index < -0.39 is 0 Å². The Morgan fingerprint density at radius 2 is 1.64 bits per heavy atom. The van der Waals surface area contributed by atoms with Crippen LogP contribution >= 0.6 is 11.3 Å². The molecule has 1 fully saturated rings. The zero-order valence-corrected chi connectivity index (χ0v) is 20.6. The van der Waals surface area contributed by atoms with Gasteiger partial charge in [-0.05, 0) is 24.3 Å². The second kappa shape index (κ2) is 9.97. The van der Waals surface area contributed by atoms with Crippen LogP contribution in [0.5, 0.6) is 0 Å². The molecule has 0 atom stereocenters. The van der Waals surface area contributed by atoms with E-state index in [1.807, 2.05) is 65.6 Å². The molecule has 0 aliphatic carbocycles. The lowest BCUT2D eigenvalue weighted by atomic mass is 10.0. The van der Waals surface area contributed by atoms with Crippen LogP contribution in [-0.2, 0) is 6.54 Å². The number of para-hydroxylation sites is 1. The van der Waals surface area contributed by atoms with E-state index in [-0.39, 0.29) is 5.91 Å². The monoisotopic (exact) mass is 491 g/mol. The van der Waals surface area contributed by atoms with Crippen LogP contribution in [0.25, 0.3) is 32.7 Å². The fourth-order valence-corrected chi connectivity index (χ4v) is 5.43. The number of hydrogen-bond acceptors (Lipinski definition) is 6. The molecule has 5 aromatic rings. The number of benzene rings is 2. The van der Waals surface area contributed by atoms with Crippen molar-refractivity contribution in [3.63, 3.8) is 0 Å². The second-order valence-corrected chi connectivity index (χ2v) is 9.75. The Bertz CT molecular complexity index is 1490. The SMILES string of the molecule is O=C(c1cc(-c2cccnc2)nc2ccccc12)N1CCN(Cc2csc(-c3ccccc3)n2)CC1. The maximum absolute atomic E-state index is 13.7. The maximum atomic E-state index is 13.7. The molecule has 0 radical (unpaired) electrons. The normalized spacial score (nSPS) is 14.3. The third-order valence-corrected chi connectivity index (χ3v) is 7.46. The summed E-state index contributed by atoms with van der Waals surface area (Å²) in [6.45, 7) is 3.82. The molecule has 1 amide bonds. The highest BCUT2D eigenvalue weighted by atomic mass is 32.1. The van der Waals surface area contributed by atoms with E-state index in [1.165, 1.54) is 0 Å². The van der Waals surface area contributed by atoms with Crippen molar-refractivity contribution in [2.24, 2.45) is 0 Å². The quantitative estimate of drug-likeness (QED) is 0.330. The van der Waals surface area contributed by atoms with Crippen molar-refractivity contribution in [1.29, 1.82) is 0 Å². The molecule has 178 valence electrons. The number of carbonyl (C=O) groups excluding carboxylic acids is 1. The number of hydrogen-bond donors (Lipinski definition) is 0. The van der Waals surface area contributed by atoms with Gasteiger partial charge in [-0.25, -0.2) is 9.97 Å². The number of pyridine rings is 2. The summed E-state index contributed by atoms with van der Waals surface area (Å²) in [6, 6.07) is 23.9. The van der Waals surface area contributed by atoms with Gasteiger partial charge in [0.05, 0.1) is 22.5 Å². The van der Waals surface area contributed by atoms with E-state index in [0.717, 1.165) is 58.1 Å². The van der Waals surface area contributed by atoms with Gasteiger partial charge in [-0.1, -0.05) is 48.5 Å². The minimum Gasteiger partial charge on any atom is -0.336 e. The Hall–Kier alpha value is -3.94. The van der Waals surface area contributed by atoms with Gasteiger partial charge in [0.15, 0.2) is 0 Å². The molecule has 1 aliphatic rings. The average Bonchev–Trinajstić information content (AvgIpc) is 3.42. The summed E-state index contributed by atoms with van der Waals surface area (Å²) in [7, 11) is 0. The summed E-state index contributed by atoms with van der Waals surface area (Å²) in [6.07, 6.45) is 3.52. The van der Waals surface area contributed by atoms with Gasteiger partial charge >= 0.3 is 0 Å². The lowest BCUT2D eigenvalue weighted by molar-refractivity contribution is 0.0629. The number of amides is 1. The number of aromatic nitrogens is 3. The van der Waals surface area contributed by atoms with Crippen molar-refractivity contribution < 1.29 is 4.79 Å². The van der Waals surface area contributed by atoms with Gasteiger partial charge in [-0.2, -0.15) is 0 Å². The molecule has 6 rings (SSSR count). The molecular formula is C29H25N5OS. The lowest BCUT2D eigenvalue weighted by Gasteiger charge is -2.34. The van der Waals surface area contributed by atoms with Crippen LogP contribution in [0.1, 0.15) is 16.1 Å². The number of thiazole rings is 1. The van der Waals surface area contributed by atoms with E-state index in [4.69, 9.17) is 9.97 Å². The first-order valence-corrected chi connectivity index (χ1v) is 12.9. The Morgan fingerprint density at radius 3 is 2.44 bits per heavy atom. The molecule has 0 saturated carbocycles. The molecule has 2 aromatic carbocycles. The summed E-state index contributed by atoms with van der Waals surface area (Å²) in [5, 5.41) is 4.07. The molecule has 0 bridgehead atoms. The van der Waals surface area contributed by atoms with Gasteiger partial charge < -0.3 is 4.90 Å². The lowest BCUT2D eigenvalue weighted by Crippen LogP contribution is -2.48. The summed E-state index contributed by atoms with van der Waals surface area (Å²) in [5.41, 5.74) is 5.42. The smallest absolute Gasteiger partial charge is 0.254 e. The van der Waals surface area contributed by atoms with Crippen molar-refractivity contribution in [1.82, 2.24) is 24.8 Å². The van der Waals surface area contributed by atoms with Crippen LogP contribution in [0.3, 0.4) is 0 Å². The van der Waals surface area contributed by atoms with E-state index in [0.29, 0.717) is 18.7 Å². The Kier molecular flexibility index (Phi) is 6.24. The van der Waals surface area contributed by atoms with Crippen molar-refractivity contribution in [3.05, 3.63) is 102 Å². The molecule has 4 heterocycles. The van der Waals surface area contributed by atoms with Crippen molar-refractivity contribution in [2.45, 2.75) is 6.54 Å². The molecule has 0 spiro atoms. The Labute approximate surface area is 213 Å². The first-order chi connectivity index (χ1) is 17.7. The second-order valence-electron chi connectivity index (χ2n) is 8.89. The highest BCUT2D eigenvalue weighted by molar-refractivity contribution is 7.13. The number of piperazine rings is 1. The minimum absolute atomic E-state index is 0.0541. The van der Waals surface area contributed by atoms with Gasteiger partial charge in [0, 0.05) is 67.0 Å². The molecular weight excluding hydrogens is 466 g/mol. The van der Waals surface area contributed by atoms with Crippen molar-refractivity contribution in [3.8, 4) is 21.8 Å². The van der Waals surface area contributed by atoms with E-state index in [9.17, 15) is 4.79 Å².